The first kappa shape index (κ1) is 15.0. The van der Waals surface area contributed by atoms with E-state index in [1.807, 2.05) is 7.05 Å². The van der Waals surface area contributed by atoms with Crippen molar-refractivity contribution in [1.29, 1.82) is 0 Å². The second-order valence-electron chi connectivity index (χ2n) is 4.79. The summed E-state index contributed by atoms with van der Waals surface area (Å²) < 4.78 is 29.6. The van der Waals surface area contributed by atoms with E-state index < -0.39 is 10.0 Å². The van der Waals surface area contributed by atoms with E-state index in [4.69, 9.17) is 10.5 Å². The topological polar surface area (TPSA) is 87.9 Å². The molecule has 2 rings (SSSR count). The van der Waals surface area contributed by atoms with Crippen molar-refractivity contribution in [1.82, 2.24) is 14.7 Å². The maximum absolute atomic E-state index is 12.3. The smallest absolute Gasteiger partial charge is 0.255 e. The number of piperazine rings is 1. The zero-order valence-electron chi connectivity index (χ0n) is 11.7. The first-order valence-electron chi connectivity index (χ1n) is 6.32. The van der Waals surface area contributed by atoms with Crippen LogP contribution in [0.4, 0.5) is 5.69 Å². The highest BCUT2D eigenvalue weighted by Gasteiger charge is 2.23. The van der Waals surface area contributed by atoms with Crippen LogP contribution in [0.1, 0.15) is 0 Å². The molecule has 1 aliphatic heterocycles. The molecule has 0 aromatic heterocycles. The van der Waals surface area contributed by atoms with Crippen molar-refractivity contribution in [3.8, 4) is 5.75 Å². The number of sulfonamides is 1. The van der Waals surface area contributed by atoms with Crippen LogP contribution < -0.4 is 15.3 Å². The number of anilines is 1. The van der Waals surface area contributed by atoms with E-state index in [-0.39, 0.29) is 10.6 Å². The quantitative estimate of drug-likeness (QED) is 0.744. The van der Waals surface area contributed by atoms with Gasteiger partial charge in [0.2, 0.25) is 0 Å². The summed E-state index contributed by atoms with van der Waals surface area (Å²) in [5.41, 5.74) is 5.96. The molecule has 1 saturated heterocycles. The highest BCUT2D eigenvalue weighted by Crippen LogP contribution is 2.23. The van der Waals surface area contributed by atoms with Crippen LogP contribution in [0.15, 0.2) is 23.1 Å². The number of likely N-dealkylation sites (N-methyl/N-ethyl adjacent to an activating group) is 1. The Bertz CT molecular complexity index is 568. The highest BCUT2D eigenvalue weighted by atomic mass is 32.2. The molecular formula is C12H20N4O3S. The van der Waals surface area contributed by atoms with Crippen molar-refractivity contribution in [2.75, 3.05) is 46.1 Å². The number of hydrogen-bond donors (Lipinski definition) is 2. The standard InChI is InChI=1S/C12H20N4O3S/c1-15-5-7-16(8-6-15)14-20(17,18)12-4-3-10(19-2)9-11(12)13/h3-4,9,14H,5-8,13H2,1-2H3. The number of nitrogens with two attached hydrogens (primary N) is 1. The molecule has 0 amide bonds. The van der Waals surface area contributed by atoms with E-state index in [1.54, 1.807) is 11.1 Å². The third kappa shape index (κ3) is 3.40. The average Bonchev–Trinajstić information content (AvgIpc) is 2.40. The number of methoxy groups -OCH3 is 1. The zero-order chi connectivity index (χ0) is 14.8. The Labute approximate surface area is 119 Å². The fourth-order valence-corrected chi connectivity index (χ4v) is 3.25. The Morgan fingerprint density at radius 3 is 2.45 bits per heavy atom. The van der Waals surface area contributed by atoms with Crippen molar-refractivity contribution in [2.45, 2.75) is 4.90 Å². The molecule has 0 unspecified atom stereocenters. The second-order valence-corrected chi connectivity index (χ2v) is 6.42. The van der Waals surface area contributed by atoms with E-state index in [0.717, 1.165) is 13.1 Å². The van der Waals surface area contributed by atoms with E-state index in [9.17, 15) is 8.42 Å². The first-order chi connectivity index (χ1) is 9.42. The fraction of sp³-hybridized carbons (Fsp3) is 0.500. The molecule has 0 bridgehead atoms. The number of nitrogen functional groups attached to an aromatic ring is 1. The summed E-state index contributed by atoms with van der Waals surface area (Å²) in [6.07, 6.45) is 0. The molecule has 1 heterocycles. The number of rotatable bonds is 4. The van der Waals surface area contributed by atoms with Gasteiger partial charge in [0, 0.05) is 32.2 Å². The minimum atomic E-state index is -3.66. The highest BCUT2D eigenvalue weighted by molar-refractivity contribution is 7.89. The van der Waals surface area contributed by atoms with Gasteiger partial charge in [-0.25, -0.2) is 13.4 Å². The summed E-state index contributed by atoms with van der Waals surface area (Å²) in [6, 6.07) is 4.53. The van der Waals surface area contributed by atoms with Crippen LogP contribution >= 0.6 is 0 Å². The number of nitrogens with one attached hydrogen (secondary N) is 1. The van der Waals surface area contributed by atoms with Gasteiger partial charge in [0.1, 0.15) is 10.6 Å². The third-order valence-corrected chi connectivity index (χ3v) is 4.71. The van der Waals surface area contributed by atoms with Crippen molar-refractivity contribution in [2.24, 2.45) is 0 Å². The second kappa shape index (κ2) is 5.96. The summed E-state index contributed by atoms with van der Waals surface area (Å²) >= 11 is 0. The summed E-state index contributed by atoms with van der Waals surface area (Å²) in [5, 5.41) is 1.69. The molecule has 1 aromatic carbocycles. The lowest BCUT2D eigenvalue weighted by Crippen LogP contribution is -2.52. The zero-order valence-corrected chi connectivity index (χ0v) is 12.5. The Hall–Kier alpha value is -1.35. The van der Waals surface area contributed by atoms with Crippen molar-refractivity contribution in [3.05, 3.63) is 18.2 Å². The van der Waals surface area contributed by atoms with Crippen LogP contribution in [0.2, 0.25) is 0 Å². The normalized spacial score (nSPS) is 18.1. The van der Waals surface area contributed by atoms with Crippen LogP contribution in [0.25, 0.3) is 0 Å². The van der Waals surface area contributed by atoms with E-state index >= 15 is 0 Å². The fourth-order valence-electron chi connectivity index (χ4n) is 2.02. The molecule has 112 valence electrons. The van der Waals surface area contributed by atoms with Crippen LogP contribution in [-0.4, -0.2) is 58.7 Å². The van der Waals surface area contributed by atoms with Gasteiger partial charge in [-0.3, -0.25) is 0 Å². The number of hydrazine groups is 1. The number of nitrogens with zero attached hydrogens (tertiary/aromatic N) is 2. The maximum atomic E-state index is 12.3. The van der Waals surface area contributed by atoms with E-state index in [1.165, 1.54) is 19.2 Å². The lowest BCUT2D eigenvalue weighted by molar-refractivity contribution is 0.135. The van der Waals surface area contributed by atoms with Gasteiger partial charge in [0.25, 0.3) is 10.0 Å². The number of ether oxygens (including phenoxy) is 1. The van der Waals surface area contributed by atoms with Gasteiger partial charge in [-0.2, -0.15) is 0 Å². The molecule has 1 aromatic rings. The summed E-state index contributed by atoms with van der Waals surface area (Å²) in [7, 11) is -0.144. The Balaban J connectivity index is 2.14. The lowest BCUT2D eigenvalue weighted by Gasteiger charge is -2.32. The van der Waals surface area contributed by atoms with Crippen LogP contribution in [-0.2, 0) is 10.0 Å². The Morgan fingerprint density at radius 2 is 1.90 bits per heavy atom. The molecule has 0 spiro atoms. The Kier molecular flexibility index (Phi) is 4.48. The predicted octanol–water partition coefficient (Wildman–Crippen LogP) is -0.282. The van der Waals surface area contributed by atoms with Gasteiger partial charge < -0.3 is 15.4 Å². The van der Waals surface area contributed by atoms with Gasteiger partial charge in [0.15, 0.2) is 0 Å². The molecule has 0 saturated carbocycles. The van der Waals surface area contributed by atoms with Gasteiger partial charge in [-0.05, 0) is 19.2 Å². The monoisotopic (exact) mass is 300 g/mol. The van der Waals surface area contributed by atoms with Crippen LogP contribution in [0.3, 0.4) is 0 Å². The molecule has 0 aliphatic carbocycles. The first-order valence-corrected chi connectivity index (χ1v) is 7.80. The summed E-state index contributed by atoms with van der Waals surface area (Å²) in [4.78, 5) is 4.78. The number of benzene rings is 1. The molecule has 7 nitrogen and oxygen atoms in total. The largest absolute Gasteiger partial charge is 0.497 e. The molecule has 1 aliphatic rings. The van der Waals surface area contributed by atoms with Crippen molar-refractivity contribution >= 4 is 15.7 Å². The van der Waals surface area contributed by atoms with Crippen LogP contribution in [0.5, 0.6) is 5.75 Å². The summed E-state index contributed by atoms with van der Waals surface area (Å²) in [6.45, 7) is 2.93. The molecule has 1 fully saturated rings. The van der Waals surface area contributed by atoms with Gasteiger partial charge >= 0.3 is 0 Å². The van der Waals surface area contributed by atoms with Crippen molar-refractivity contribution in [3.63, 3.8) is 0 Å². The average molecular weight is 300 g/mol. The molecule has 0 atom stereocenters. The van der Waals surface area contributed by atoms with Gasteiger partial charge in [-0.1, -0.05) is 0 Å². The Morgan fingerprint density at radius 1 is 1.25 bits per heavy atom. The van der Waals surface area contributed by atoms with E-state index in [0.29, 0.717) is 18.8 Å². The molecule has 8 heteroatoms. The van der Waals surface area contributed by atoms with Gasteiger partial charge in [0.05, 0.1) is 12.8 Å². The van der Waals surface area contributed by atoms with E-state index in [2.05, 4.69) is 9.73 Å². The molecule has 3 N–H and O–H groups in total. The minimum absolute atomic E-state index is 0.0669. The molecule has 20 heavy (non-hydrogen) atoms. The molecule has 0 radical (unpaired) electrons. The minimum Gasteiger partial charge on any atom is -0.497 e. The maximum Gasteiger partial charge on any atom is 0.255 e. The summed E-state index contributed by atoms with van der Waals surface area (Å²) in [5.74, 6) is 0.529. The number of hydrogen-bond acceptors (Lipinski definition) is 6. The van der Waals surface area contributed by atoms with Crippen molar-refractivity contribution < 1.29 is 13.2 Å². The predicted molar refractivity (Wildman–Crippen MR) is 76.8 cm³/mol. The lowest BCUT2D eigenvalue weighted by atomic mass is 10.3. The SMILES string of the molecule is COc1ccc(S(=O)(=O)NN2CCN(C)CC2)c(N)c1. The van der Waals surface area contributed by atoms with Gasteiger partial charge in [-0.15, -0.1) is 4.83 Å². The van der Waals surface area contributed by atoms with Crippen LogP contribution in [0, 0.1) is 0 Å². The molecular weight excluding hydrogens is 280 g/mol. The third-order valence-electron chi connectivity index (χ3n) is 3.26.